The van der Waals surface area contributed by atoms with E-state index in [1.54, 1.807) is 14.2 Å². The molecule has 0 spiro atoms. The molecular weight excluding hydrogens is 306 g/mol. The van der Waals surface area contributed by atoms with Crippen LogP contribution in [0, 0.1) is 6.92 Å². The smallest absolute Gasteiger partial charge is 0.165 e. The quantitative estimate of drug-likeness (QED) is 0.918. The monoisotopic (exact) mass is 327 g/mol. The maximum Gasteiger partial charge on any atom is 0.165 e. The SMILES string of the molecule is COc1cc(C)c(Br)c(CC2CCCCN2)c1OC. The first-order valence-electron chi connectivity index (χ1n) is 6.80. The van der Waals surface area contributed by atoms with Gasteiger partial charge in [-0.25, -0.2) is 0 Å². The van der Waals surface area contributed by atoms with Crippen molar-refractivity contribution in [3.63, 3.8) is 0 Å². The third-order valence-corrected chi connectivity index (χ3v) is 4.85. The van der Waals surface area contributed by atoms with Gasteiger partial charge >= 0.3 is 0 Å². The Morgan fingerprint density at radius 1 is 1.32 bits per heavy atom. The van der Waals surface area contributed by atoms with Gasteiger partial charge in [-0.2, -0.15) is 0 Å². The molecule has 0 aliphatic carbocycles. The lowest BCUT2D eigenvalue weighted by Gasteiger charge is -2.25. The van der Waals surface area contributed by atoms with Crippen LogP contribution in [-0.4, -0.2) is 26.8 Å². The van der Waals surface area contributed by atoms with E-state index < -0.39 is 0 Å². The summed E-state index contributed by atoms with van der Waals surface area (Å²) in [6, 6.07) is 2.55. The van der Waals surface area contributed by atoms with E-state index in [0.717, 1.165) is 28.9 Å². The Balaban J connectivity index is 2.33. The van der Waals surface area contributed by atoms with E-state index in [1.807, 2.05) is 6.07 Å². The summed E-state index contributed by atoms with van der Waals surface area (Å²) in [6.45, 7) is 3.21. The molecule has 0 radical (unpaired) electrons. The zero-order chi connectivity index (χ0) is 13.8. The Kier molecular flexibility index (Phi) is 5.11. The van der Waals surface area contributed by atoms with Crippen molar-refractivity contribution >= 4 is 15.9 Å². The topological polar surface area (TPSA) is 30.5 Å². The highest BCUT2D eigenvalue weighted by molar-refractivity contribution is 9.10. The molecule has 2 rings (SSSR count). The molecule has 1 fully saturated rings. The molecule has 1 aromatic rings. The number of piperidine rings is 1. The molecule has 0 amide bonds. The van der Waals surface area contributed by atoms with Crippen molar-refractivity contribution in [1.82, 2.24) is 5.32 Å². The molecule has 0 aromatic heterocycles. The maximum atomic E-state index is 5.56. The van der Waals surface area contributed by atoms with Gasteiger partial charge in [0.05, 0.1) is 14.2 Å². The summed E-state index contributed by atoms with van der Waals surface area (Å²) < 4.78 is 12.1. The van der Waals surface area contributed by atoms with Gasteiger partial charge in [-0.05, 0) is 44.4 Å². The van der Waals surface area contributed by atoms with Gasteiger partial charge in [0.15, 0.2) is 11.5 Å². The number of ether oxygens (including phenoxy) is 2. The second-order valence-electron chi connectivity index (χ2n) is 5.07. The van der Waals surface area contributed by atoms with Gasteiger partial charge < -0.3 is 14.8 Å². The van der Waals surface area contributed by atoms with Crippen molar-refractivity contribution in [1.29, 1.82) is 0 Å². The van der Waals surface area contributed by atoms with Crippen LogP contribution in [0.15, 0.2) is 10.5 Å². The van der Waals surface area contributed by atoms with Crippen LogP contribution in [0.2, 0.25) is 0 Å². The van der Waals surface area contributed by atoms with E-state index in [2.05, 4.69) is 28.2 Å². The first kappa shape index (κ1) is 14.7. The fourth-order valence-electron chi connectivity index (χ4n) is 2.71. The predicted octanol–water partition coefficient (Wildman–Crippen LogP) is 3.46. The molecule has 3 nitrogen and oxygen atoms in total. The number of aryl methyl sites for hydroxylation is 1. The molecule has 1 atom stereocenters. The molecular formula is C15H22BrNO2. The summed E-state index contributed by atoms with van der Waals surface area (Å²) in [5, 5.41) is 3.59. The summed E-state index contributed by atoms with van der Waals surface area (Å²) in [5.74, 6) is 1.67. The highest BCUT2D eigenvalue weighted by Gasteiger charge is 2.21. The number of methoxy groups -OCH3 is 2. The second kappa shape index (κ2) is 6.62. The molecule has 1 heterocycles. The van der Waals surface area contributed by atoms with Crippen molar-refractivity contribution in [2.45, 2.75) is 38.6 Å². The van der Waals surface area contributed by atoms with Crippen LogP contribution in [0.4, 0.5) is 0 Å². The van der Waals surface area contributed by atoms with E-state index in [9.17, 15) is 0 Å². The Hall–Kier alpha value is -0.740. The fourth-order valence-corrected chi connectivity index (χ4v) is 3.17. The van der Waals surface area contributed by atoms with Crippen LogP contribution >= 0.6 is 15.9 Å². The molecule has 1 unspecified atom stereocenters. The van der Waals surface area contributed by atoms with E-state index in [1.165, 1.54) is 30.4 Å². The summed E-state index contributed by atoms with van der Waals surface area (Å²) >= 11 is 3.70. The molecule has 0 bridgehead atoms. The van der Waals surface area contributed by atoms with Crippen molar-refractivity contribution in [3.8, 4) is 11.5 Å². The van der Waals surface area contributed by atoms with E-state index >= 15 is 0 Å². The van der Waals surface area contributed by atoms with Crippen molar-refractivity contribution in [2.24, 2.45) is 0 Å². The number of hydrogen-bond acceptors (Lipinski definition) is 3. The van der Waals surface area contributed by atoms with E-state index in [-0.39, 0.29) is 0 Å². The molecule has 1 N–H and O–H groups in total. The van der Waals surface area contributed by atoms with Gasteiger partial charge in [-0.15, -0.1) is 0 Å². The Bertz CT molecular complexity index is 442. The van der Waals surface area contributed by atoms with E-state index in [0.29, 0.717) is 6.04 Å². The molecule has 1 aromatic carbocycles. The van der Waals surface area contributed by atoms with Crippen LogP contribution < -0.4 is 14.8 Å². The van der Waals surface area contributed by atoms with Crippen molar-refractivity contribution in [2.75, 3.05) is 20.8 Å². The highest BCUT2D eigenvalue weighted by Crippen LogP contribution is 2.39. The van der Waals surface area contributed by atoms with Gasteiger partial charge in [0.2, 0.25) is 0 Å². The lowest BCUT2D eigenvalue weighted by atomic mass is 9.96. The summed E-state index contributed by atoms with van der Waals surface area (Å²) in [5.41, 5.74) is 2.39. The number of rotatable bonds is 4. The third kappa shape index (κ3) is 3.23. The van der Waals surface area contributed by atoms with Crippen molar-refractivity contribution < 1.29 is 9.47 Å². The molecule has 106 valence electrons. The van der Waals surface area contributed by atoms with Gasteiger partial charge in [0, 0.05) is 16.1 Å². The maximum absolute atomic E-state index is 5.56. The van der Waals surface area contributed by atoms with Gasteiger partial charge in [-0.1, -0.05) is 22.4 Å². The van der Waals surface area contributed by atoms with Gasteiger partial charge in [0.1, 0.15) is 0 Å². The molecule has 19 heavy (non-hydrogen) atoms. The standard InChI is InChI=1S/C15H22BrNO2/c1-10-8-13(18-2)15(19-3)12(14(10)16)9-11-6-4-5-7-17-11/h8,11,17H,4-7,9H2,1-3H3. The summed E-state index contributed by atoms with van der Waals surface area (Å²) in [7, 11) is 3.39. The highest BCUT2D eigenvalue weighted by atomic mass is 79.9. The first-order chi connectivity index (χ1) is 9.17. The fraction of sp³-hybridized carbons (Fsp3) is 0.600. The van der Waals surface area contributed by atoms with Crippen LogP contribution in [0.1, 0.15) is 30.4 Å². The second-order valence-corrected chi connectivity index (χ2v) is 5.87. The zero-order valence-corrected chi connectivity index (χ0v) is 13.5. The average Bonchev–Trinajstić information content (AvgIpc) is 2.44. The number of nitrogens with one attached hydrogen (secondary N) is 1. The average molecular weight is 328 g/mol. The van der Waals surface area contributed by atoms with Crippen LogP contribution in [0.3, 0.4) is 0 Å². The molecule has 4 heteroatoms. The first-order valence-corrected chi connectivity index (χ1v) is 7.60. The van der Waals surface area contributed by atoms with Crippen LogP contribution in [0.5, 0.6) is 11.5 Å². The number of hydrogen-bond donors (Lipinski definition) is 1. The van der Waals surface area contributed by atoms with Crippen LogP contribution in [0.25, 0.3) is 0 Å². The van der Waals surface area contributed by atoms with Crippen molar-refractivity contribution in [3.05, 3.63) is 21.7 Å². The Morgan fingerprint density at radius 2 is 2.11 bits per heavy atom. The minimum absolute atomic E-state index is 0.533. The predicted molar refractivity (Wildman–Crippen MR) is 81.3 cm³/mol. The third-order valence-electron chi connectivity index (χ3n) is 3.74. The Morgan fingerprint density at radius 3 is 2.68 bits per heavy atom. The van der Waals surface area contributed by atoms with Gasteiger partial charge in [-0.3, -0.25) is 0 Å². The number of benzene rings is 1. The minimum atomic E-state index is 0.533. The zero-order valence-electron chi connectivity index (χ0n) is 11.9. The summed E-state index contributed by atoms with van der Waals surface area (Å²) in [6.07, 6.45) is 4.79. The van der Waals surface area contributed by atoms with Gasteiger partial charge in [0.25, 0.3) is 0 Å². The molecule has 0 saturated carbocycles. The van der Waals surface area contributed by atoms with Crippen LogP contribution in [-0.2, 0) is 6.42 Å². The Labute approximate surface area is 123 Å². The summed E-state index contributed by atoms with van der Waals surface area (Å²) in [4.78, 5) is 0. The molecule has 1 aliphatic heterocycles. The normalized spacial score (nSPS) is 19.3. The van der Waals surface area contributed by atoms with E-state index in [4.69, 9.17) is 9.47 Å². The lowest BCUT2D eigenvalue weighted by molar-refractivity contribution is 0.344. The molecule has 1 saturated heterocycles. The number of halogens is 1. The molecule has 1 aliphatic rings. The lowest BCUT2D eigenvalue weighted by Crippen LogP contribution is -2.35. The largest absolute Gasteiger partial charge is 0.493 e. The minimum Gasteiger partial charge on any atom is -0.493 e.